The Kier molecular flexibility index (Phi) is 6.02. The van der Waals surface area contributed by atoms with Gasteiger partial charge in [-0.05, 0) is 49.6 Å². The van der Waals surface area contributed by atoms with Crippen molar-refractivity contribution in [2.75, 3.05) is 0 Å². The van der Waals surface area contributed by atoms with Crippen molar-refractivity contribution in [3.05, 3.63) is 0 Å². The van der Waals surface area contributed by atoms with Crippen LogP contribution in [0.15, 0.2) is 0 Å². The fourth-order valence-corrected chi connectivity index (χ4v) is 4.72. The van der Waals surface area contributed by atoms with E-state index in [1.807, 2.05) is 0 Å². The van der Waals surface area contributed by atoms with Gasteiger partial charge in [-0.15, -0.1) is 0 Å². The summed E-state index contributed by atoms with van der Waals surface area (Å²) in [5, 5.41) is 3.58. The first-order valence-corrected chi connectivity index (χ1v) is 8.69. The van der Waals surface area contributed by atoms with Crippen LogP contribution in [0.25, 0.3) is 0 Å². The second-order valence-electron chi connectivity index (χ2n) is 6.12. The molecule has 0 spiro atoms. The van der Waals surface area contributed by atoms with Gasteiger partial charge >= 0.3 is 0 Å². The van der Waals surface area contributed by atoms with E-state index in [4.69, 9.17) is 0 Å². The standard InChI is InChI=1S/C15H27NO2S/c1-2-3-10-14(17)16-12-8-4-6-11-7-5-9-13(19-18)15(11)12/h11-13,15,18H,2-10H2,1H3,(H,16,17). The molecular formula is C15H27NO2S. The highest BCUT2D eigenvalue weighted by atomic mass is 32.2. The summed E-state index contributed by atoms with van der Waals surface area (Å²) in [6.45, 7) is 2.11. The summed E-state index contributed by atoms with van der Waals surface area (Å²) in [5.41, 5.74) is 0. The van der Waals surface area contributed by atoms with E-state index in [1.54, 1.807) is 0 Å². The van der Waals surface area contributed by atoms with Crippen molar-refractivity contribution >= 4 is 17.9 Å². The highest BCUT2D eigenvalue weighted by Gasteiger charge is 2.41. The number of rotatable bonds is 5. The Hall–Kier alpha value is -0.220. The summed E-state index contributed by atoms with van der Waals surface area (Å²) in [7, 11) is 0. The molecule has 0 aliphatic heterocycles. The van der Waals surface area contributed by atoms with E-state index >= 15 is 0 Å². The molecule has 0 saturated heterocycles. The first-order valence-electron chi connectivity index (χ1n) is 7.85. The van der Waals surface area contributed by atoms with Gasteiger partial charge in [0.1, 0.15) is 0 Å². The van der Waals surface area contributed by atoms with Crippen molar-refractivity contribution in [2.45, 2.75) is 76.0 Å². The summed E-state index contributed by atoms with van der Waals surface area (Å²) in [6, 6.07) is 0.299. The topological polar surface area (TPSA) is 49.3 Å². The molecule has 2 fully saturated rings. The summed E-state index contributed by atoms with van der Waals surface area (Å²) < 4.78 is 9.53. The highest BCUT2D eigenvalue weighted by Crippen LogP contribution is 2.44. The predicted molar refractivity (Wildman–Crippen MR) is 80.1 cm³/mol. The average Bonchev–Trinajstić information content (AvgIpc) is 2.44. The molecule has 0 bridgehead atoms. The van der Waals surface area contributed by atoms with Gasteiger partial charge in [-0.25, -0.2) is 0 Å². The Bertz CT molecular complexity index is 289. The minimum absolute atomic E-state index is 0.208. The lowest BCUT2D eigenvalue weighted by atomic mass is 9.68. The molecule has 0 aromatic rings. The average molecular weight is 285 g/mol. The van der Waals surface area contributed by atoms with E-state index in [1.165, 1.54) is 25.7 Å². The van der Waals surface area contributed by atoms with Crippen molar-refractivity contribution in [1.82, 2.24) is 5.32 Å². The maximum Gasteiger partial charge on any atom is 0.220 e. The molecule has 110 valence electrons. The van der Waals surface area contributed by atoms with E-state index in [-0.39, 0.29) is 5.91 Å². The summed E-state index contributed by atoms with van der Waals surface area (Å²) in [5.74, 6) is 1.41. The molecule has 19 heavy (non-hydrogen) atoms. The molecule has 2 N–H and O–H groups in total. The van der Waals surface area contributed by atoms with Crippen molar-refractivity contribution in [3.63, 3.8) is 0 Å². The molecule has 4 atom stereocenters. The number of nitrogens with one attached hydrogen (secondary N) is 1. The molecule has 1 amide bonds. The second kappa shape index (κ2) is 7.53. The molecule has 2 saturated carbocycles. The van der Waals surface area contributed by atoms with Gasteiger partial charge in [-0.2, -0.15) is 0 Å². The van der Waals surface area contributed by atoms with Crippen molar-refractivity contribution in [3.8, 4) is 0 Å². The number of carbonyl (C=O) groups is 1. The molecule has 4 unspecified atom stereocenters. The first kappa shape index (κ1) is 15.2. The predicted octanol–water partition coefficient (Wildman–Crippen LogP) is 3.84. The van der Waals surface area contributed by atoms with Crippen LogP contribution >= 0.6 is 12.0 Å². The van der Waals surface area contributed by atoms with Gasteiger partial charge in [-0.1, -0.05) is 32.6 Å². The number of carbonyl (C=O) groups excluding carboxylic acids is 1. The molecular weight excluding hydrogens is 258 g/mol. The monoisotopic (exact) mass is 285 g/mol. The minimum Gasteiger partial charge on any atom is -0.353 e. The van der Waals surface area contributed by atoms with Crippen LogP contribution in [0.1, 0.15) is 64.7 Å². The van der Waals surface area contributed by atoms with E-state index in [9.17, 15) is 9.35 Å². The molecule has 2 aliphatic carbocycles. The zero-order chi connectivity index (χ0) is 13.7. The fourth-order valence-electron chi connectivity index (χ4n) is 3.89. The molecule has 0 radical (unpaired) electrons. The van der Waals surface area contributed by atoms with Gasteiger partial charge in [-0.3, -0.25) is 4.79 Å². The lowest BCUT2D eigenvalue weighted by Gasteiger charge is -2.45. The molecule has 4 heteroatoms. The highest BCUT2D eigenvalue weighted by molar-refractivity contribution is 7.94. The van der Waals surface area contributed by atoms with Crippen molar-refractivity contribution < 1.29 is 9.35 Å². The van der Waals surface area contributed by atoms with Crippen LogP contribution in [0, 0.1) is 11.8 Å². The van der Waals surface area contributed by atoms with Crippen LogP contribution in [0.2, 0.25) is 0 Å². The third-order valence-corrected chi connectivity index (χ3v) is 5.65. The SMILES string of the molecule is CCCCC(=O)NC1CCCC2CCCC(SO)C21. The Morgan fingerprint density at radius 1 is 1.26 bits per heavy atom. The largest absolute Gasteiger partial charge is 0.353 e. The van der Waals surface area contributed by atoms with Crippen molar-refractivity contribution in [1.29, 1.82) is 0 Å². The molecule has 3 nitrogen and oxygen atoms in total. The van der Waals surface area contributed by atoms with Gasteiger partial charge in [0.25, 0.3) is 0 Å². The molecule has 0 heterocycles. The van der Waals surface area contributed by atoms with E-state index in [0.29, 0.717) is 29.5 Å². The number of hydrogen-bond donors (Lipinski definition) is 2. The summed E-state index contributed by atoms with van der Waals surface area (Å²) in [6.07, 6.45) is 9.91. The van der Waals surface area contributed by atoms with Gasteiger partial charge in [0.15, 0.2) is 0 Å². The zero-order valence-corrected chi connectivity index (χ0v) is 12.8. The normalized spacial score (nSPS) is 34.6. The van der Waals surface area contributed by atoms with Crippen molar-refractivity contribution in [2.24, 2.45) is 11.8 Å². The van der Waals surface area contributed by atoms with E-state index < -0.39 is 0 Å². The van der Waals surface area contributed by atoms with E-state index in [0.717, 1.165) is 37.7 Å². The van der Waals surface area contributed by atoms with Crippen LogP contribution < -0.4 is 5.32 Å². The minimum atomic E-state index is 0.208. The fraction of sp³-hybridized carbons (Fsp3) is 0.933. The Balaban J connectivity index is 1.95. The van der Waals surface area contributed by atoms with Crippen LogP contribution in [0.5, 0.6) is 0 Å². The smallest absolute Gasteiger partial charge is 0.220 e. The third kappa shape index (κ3) is 3.88. The molecule has 2 rings (SSSR count). The number of hydrogen-bond acceptors (Lipinski definition) is 3. The maximum atomic E-state index is 12.0. The van der Waals surface area contributed by atoms with Crippen LogP contribution in [0.4, 0.5) is 0 Å². The Morgan fingerprint density at radius 2 is 2.00 bits per heavy atom. The van der Waals surface area contributed by atoms with Crippen LogP contribution in [-0.2, 0) is 4.79 Å². The first-order chi connectivity index (χ1) is 9.26. The van der Waals surface area contributed by atoms with Crippen LogP contribution in [0.3, 0.4) is 0 Å². The zero-order valence-electron chi connectivity index (χ0n) is 11.9. The number of unbranched alkanes of at least 4 members (excludes halogenated alkanes) is 1. The Labute approximate surface area is 121 Å². The van der Waals surface area contributed by atoms with Crippen LogP contribution in [-0.4, -0.2) is 21.8 Å². The second-order valence-corrected chi connectivity index (χ2v) is 6.94. The quantitative estimate of drug-likeness (QED) is 0.755. The third-order valence-electron chi connectivity index (χ3n) is 4.83. The van der Waals surface area contributed by atoms with Gasteiger partial charge in [0.05, 0.1) is 0 Å². The van der Waals surface area contributed by atoms with Gasteiger partial charge < -0.3 is 9.87 Å². The number of amides is 1. The Morgan fingerprint density at radius 3 is 2.68 bits per heavy atom. The van der Waals surface area contributed by atoms with Gasteiger partial charge in [0, 0.05) is 17.7 Å². The summed E-state index contributed by atoms with van der Waals surface area (Å²) in [4.78, 5) is 12.0. The molecule has 0 aromatic carbocycles. The maximum absolute atomic E-state index is 12.0. The number of fused-ring (bicyclic) bond motifs is 1. The lowest BCUT2D eigenvalue weighted by molar-refractivity contribution is -0.122. The van der Waals surface area contributed by atoms with Gasteiger partial charge in [0.2, 0.25) is 5.91 Å². The lowest BCUT2D eigenvalue weighted by Crippen LogP contribution is -2.50. The molecule has 0 aromatic heterocycles. The molecule has 2 aliphatic rings. The van der Waals surface area contributed by atoms with E-state index in [2.05, 4.69) is 12.2 Å². The summed E-state index contributed by atoms with van der Waals surface area (Å²) >= 11 is 1.03.